The maximum atomic E-state index is 13.7. The molecule has 2 amide bonds. The lowest BCUT2D eigenvalue weighted by molar-refractivity contribution is -0.136. The third-order valence-corrected chi connectivity index (χ3v) is 6.97. The van der Waals surface area contributed by atoms with E-state index >= 15 is 0 Å². The Morgan fingerprint density at radius 2 is 1.56 bits per heavy atom. The van der Waals surface area contributed by atoms with Crippen LogP contribution in [-0.2, 0) is 20.7 Å². The Hall–Kier alpha value is -3.73. The van der Waals surface area contributed by atoms with Crippen LogP contribution in [0.1, 0.15) is 36.8 Å². The molecule has 1 heterocycles. The van der Waals surface area contributed by atoms with Gasteiger partial charge in [0, 0.05) is 18.3 Å². The van der Waals surface area contributed by atoms with E-state index in [2.05, 4.69) is 0 Å². The molecule has 3 aromatic carbocycles. The molecule has 3 atom stereocenters. The largest absolute Gasteiger partial charge is 0.447 e. The van der Waals surface area contributed by atoms with Crippen LogP contribution in [0, 0.1) is 5.92 Å². The maximum absolute atomic E-state index is 13.7. The lowest BCUT2D eigenvalue weighted by atomic mass is 9.91. The fourth-order valence-corrected chi connectivity index (χ4v) is 5.15. The zero-order chi connectivity index (χ0) is 23.7. The third kappa shape index (κ3) is 4.14. The highest BCUT2D eigenvalue weighted by Crippen LogP contribution is 2.58. The van der Waals surface area contributed by atoms with E-state index in [9.17, 15) is 14.4 Å². The highest BCUT2D eigenvalue weighted by molar-refractivity contribution is 5.98. The van der Waals surface area contributed by atoms with E-state index in [4.69, 9.17) is 4.74 Å². The van der Waals surface area contributed by atoms with Crippen LogP contribution >= 0.6 is 0 Å². The van der Waals surface area contributed by atoms with E-state index in [0.29, 0.717) is 12.8 Å². The average Bonchev–Trinajstić information content (AvgIpc) is 3.49. The van der Waals surface area contributed by atoms with Crippen molar-refractivity contribution < 1.29 is 19.1 Å². The fourth-order valence-electron chi connectivity index (χ4n) is 5.15. The van der Waals surface area contributed by atoms with E-state index in [1.54, 1.807) is 0 Å². The molecular formula is C29H27NO4. The lowest BCUT2D eigenvalue weighted by Crippen LogP contribution is -2.46. The smallest absolute Gasteiger partial charge is 0.417 e. The zero-order valence-electron chi connectivity index (χ0n) is 19.1. The van der Waals surface area contributed by atoms with Crippen LogP contribution in [-0.4, -0.2) is 34.8 Å². The van der Waals surface area contributed by atoms with Crippen molar-refractivity contribution in [3.63, 3.8) is 0 Å². The van der Waals surface area contributed by atoms with Crippen molar-refractivity contribution in [2.75, 3.05) is 6.61 Å². The molecule has 1 spiro atoms. The molecule has 0 aromatic heterocycles. The molecule has 1 aliphatic heterocycles. The Morgan fingerprint density at radius 3 is 2.21 bits per heavy atom. The van der Waals surface area contributed by atoms with Gasteiger partial charge in [-0.2, -0.15) is 0 Å². The van der Waals surface area contributed by atoms with Crippen LogP contribution in [0.25, 0.3) is 11.1 Å². The predicted octanol–water partition coefficient (Wildman–Crippen LogP) is 5.40. The van der Waals surface area contributed by atoms with Gasteiger partial charge in [0.25, 0.3) is 0 Å². The summed E-state index contributed by atoms with van der Waals surface area (Å²) in [5.74, 6) is -0.939. The van der Waals surface area contributed by atoms with Gasteiger partial charge in [-0.1, -0.05) is 84.9 Å². The van der Waals surface area contributed by atoms with Crippen LogP contribution in [0.3, 0.4) is 0 Å². The Kier molecular flexibility index (Phi) is 5.78. The first-order valence-electron chi connectivity index (χ1n) is 11.7. The molecule has 1 saturated heterocycles. The monoisotopic (exact) mass is 453 g/mol. The normalized spacial score (nSPS) is 21.9. The Bertz CT molecular complexity index is 1210. The first-order chi connectivity index (χ1) is 16.5. The van der Waals surface area contributed by atoms with Crippen molar-refractivity contribution in [1.29, 1.82) is 0 Å². The summed E-state index contributed by atoms with van der Waals surface area (Å²) in [6.07, 6.45) is 0.572. The van der Waals surface area contributed by atoms with Gasteiger partial charge in [-0.05, 0) is 42.0 Å². The van der Waals surface area contributed by atoms with Gasteiger partial charge >= 0.3 is 6.09 Å². The molecule has 34 heavy (non-hydrogen) atoms. The van der Waals surface area contributed by atoms with Gasteiger partial charge < -0.3 is 9.53 Å². The van der Waals surface area contributed by atoms with E-state index in [0.717, 1.165) is 22.3 Å². The van der Waals surface area contributed by atoms with Crippen LogP contribution in [0.15, 0.2) is 84.9 Å². The Labute approximate surface area is 199 Å². The second-order valence-corrected chi connectivity index (χ2v) is 9.37. The number of imide groups is 1. The van der Waals surface area contributed by atoms with E-state index in [1.807, 2.05) is 84.9 Å². The van der Waals surface area contributed by atoms with Crippen LogP contribution in [0.2, 0.25) is 0 Å². The Balaban J connectivity index is 1.37. The average molecular weight is 454 g/mol. The van der Waals surface area contributed by atoms with Crippen molar-refractivity contribution in [2.24, 2.45) is 5.92 Å². The number of cyclic esters (lactones) is 1. The van der Waals surface area contributed by atoms with E-state index in [1.165, 1.54) is 11.8 Å². The second kappa shape index (κ2) is 8.90. The molecule has 3 aromatic rings. The standard InChI is InChI=1S/C29H27NO4/c1-20(31)16-25(17-21-12-14-23(15-13-21)22-8-4-2-5-9-22)27(32)30-28(33)34-19-29(30)18-26(29)24-10-6-3-7-11-24/h2-15,25-26H,16-19H2,1H3/t25-,26+,29+/m1/s1. The molecule has 5 heteroatoms. The minimum Gasteiger partial charge on any atom is -0.447 e. The van der Waals surface area contributed by atoms with E-state index < -0.39 is 17.6 Å². The SMILES string of the molecule is CC(=O)C[C@H](Cc1ccc(-c2ccccc2)cc1)C(=O)N1C(=O)OC[C@]12C[C@H]2c1ccccc1. The summed E-state index contributed by atoms with van der Waals surface area (Å²) in [4.78, 5) is 39.8. The minimum atomic E-state index is -0.637. The molecule has 2 aliphatic rings. The molecule has 2 fully saturated rings. The zero-order valence-corrected chi connectivity index (χ0v) is 19.1. The van der Waals surface area contributed by atoms with Gasteiger partial charge in [0.2, 0.25) is 5.91 Å². The summed E-state index contributed by atoms with van der Waals surface area (Å²) in [5, 5.41) is 0. The molecule has 0 unspecified atom stereocenters. The summed E-state index contributed by atoms with van der Waals surface area (Å²) in [5.41, 5.74) is 3.62. The summed E-state index contributed by atoms with van der Waals surface area (Å²) < 4.78 is 5.37. The summed E-state index contributed by atoms with van der Waals surface area (Å²) in [6, 6.07) is 28.0. The molecular weight excluding hydrogens is 426 g/mol. The van der Waals surface area contributed by atoms with Gasteiger partial charge in [0.15, 0.2) is 0 Å². The molecule has 0 bridgehead atoms. The highest BCUT2D eigenvalue weighted by atomic mass is 16.6. The molecule has 0 radical (unpaired) electrons. The van der Waals surface area contributed by atoms with Crippen LogP contribution < -0.4 is 0 Å². The number of ether oxygens (including phenoxy) is 1. The van der Waals surface area contributed by atoms with Crippen molar-refractivity contribution >= 4 is 17.8 Å². The van der Waals surface area contributed by atoms with Crippen molar-refractivity contribution in [2.45, 2.75) is 37.6 Å². The second-order valence-electron chi connectivity index (χ2n) is 9.37. The molecule has 1 saturated carbocycles. The number of hydrogen-bond acceptors (Lipinski definition) is 4. The third-order valence-electron chi connectivity index (χ3n) is 6.97. The number of benzene rings is 3. The van der Waals surface area contributed by atoms with Gasteiger partial charge in [-0.15, -0.1) is 0 Å². The van der Waals surface area contributed by atoms with Gasteiger partial charge in [-0.25, -0.2) is 9.69 Å². The van der Waals surface area contributed by atoms with E-state index in [-0.39, 0.29) is 30.6 Å². The van der Waals surface area contributed by atoms with Crippen molar-refractivity contribution in [3.05, 3.63) is 96.1 Å². The number of hydrogen-bond donors (Lipinski definition) is 0. The number of Topliss-reactive ketones (excluding diaryl/α,β-unsaturated/α-hetero) is 1. The maximum Gasteiger partial charge on any atom is 0.417 e. The summed E-state index contributed by atoms with van der Waals surface area (Å²) >= 11 is 0. The number of rotatable bonds is 7. The van der Waals surface area contributed by atoms with Crippen molar-refractivity contribution in [3.8, 4) is 11.1 Å². The summed E-state index contributed by atoms with van der Waals surface area (Å²) in [7, 11) is 0. The number of carbonyl (C=O) groups excluding carboxylic acids is 3. The van der Waals surface area contributed by atoms with Crippen LogP contribution in [0.5, 0.6) is 0 Å². The number of carbonyl (C=O) groups is 3. The van der Waals surface area contributed by atoms with Gasteiger partial charge in [-0.3, -0.25) is 4.79 Å². The topological polar surface area (TPSA) is 63.7 Å². The first-order valence-corrected chi connectivity index (χ1v) is 11.7. The van der Waals surface area contributed by atoms with Crippen LogP contribution in [0.4, 0.5) is 4.79 Å². The predicted molar refractivity (Wildman–Crippen MR) is 129 cm³/mol. The number of amides is 2. The van der Waals surface area contributed by atoms with Gasteiger partial charge in [0.1, 0.15) is 12.4 Å². The molecule has 5 rings (SSSR count). The number of nitrogens with zero attached hydrogens (tertiary/aromatic N) is 1. The minimum absolute atomic E-state index is 0.0623. The first kappa shape index (κ1) is 22.1. The highest BCUT2D eigenvalue weighted by Gasteiger charge is 2.67. The summed E-state index contributed by atoms with van der Waals surface area (Å²) in [6.45, 7) is 1.69. The lowest BCUT2D eigenvalue weighted by Gasteiger charge is -2.25. The molecule has 172 valence electrons. The quantitative estimate of drug-likeness (QED) is 0.481. The fraction of sp³-hybridized carbons (Fsp3) is 0.276. The molecule has 1 aliphatic carbocycles. The molecule has 0 N–H and O–H groups in total. The van der Waals surface area contributed by atoms with Gasteiger partial charge in [0.05, 0.1) is 5.54 Å². The van der Waals surface area contributed by atoms with Crippen molar-refractivity contribution in [1.82, 2.24) is 4.90 Å². The Morgan fingerprint density at radius 1 is 0.941 bits per heavy atom. The molecule has 5 nitrogen and oxygen atoms in total. The number of ketones is 1.